The summed E-state index contributed by atoms with van der Waals surface area (Å²) in [5.74, 6) is -0.114. The number of benzene rings is 1. The molecule has 0 radical (unpaired) electrons. The van der Waals surface area contributed by atoms with Crippen molar-refractivity contribution in [1.29, 1.82) is 0 Å². The number of ether oxygens (including phenoxy) is 4. The molecular formula is C27H35N3O9. The van der Waals surface area contributed by atoms with Crippen molar-refractivity contribution in [2.45, 2.75) is 74.8 Å². The van der Waals surface area contributed by atoms with Gasteiger partial charge in [-0.15, -0.1) is 0 Å². The van der Waals surface area contributed by atoms with Crippen LogP contribution in [0.4, 0.5) is 9.59 Å². The molecule has 2 aliphatic heterocycles. The van der Waals surface area contributed by atoms with Gasteiger partial charge in [0, 0.05) is 18.0 Å². The molecule has 1 saturated heterocycles. The number of methoxy groups -OCH3 is 1. The van der Waals surface area contributed by atoms with Crippen molar-refractivity contribution in [3.05, 3.63) is 35.1 Å². The summed E-state index contributed by atoms with van der Waals surface area (Å²) in [6.07, 6.45) is 0.435. The van der Waals surface area contributed by atoms with E-state index in [2.05, 4.69) is 15.5 Å². The van der Waals surface area contributed by atoms with Crippen LogP contribution in [0.3, 0.4) is 0 Å². The van der Waals surface area contributed by atoms with E-state index in [1.807, 2.05) is 19.2 Å². The van der Waals surface area contributed by atoms with E-state index < -0.39 is 53.5 Å². The summed E-state index contributed by atoms with van der Waals surface area (Å²) in [6.45, 7) is 5.32. The van der Waals surface area contributed by atoms with Crippen molar-refractivity contribution >= 4 is 18.2 Å². The SMILES string of the molecule is COc1ccc2c3c1O[C@H]1C(OC(=O)N[C@@H](CNC(=O)OC(C)(C)C)C(=O)O)=CC[C@@]4(O)[C@@H](C2)N(C)CC[C@]314. The van der Waals surface area contributed by atoms with Crippen LogP contribution in [0.25, 0.3) is 0 Å². The maximum atomic E-state index is 12.9. The molecule has 2 heterocycles. The van der Waals surface area contributed by atoms with Crippen molar-refractivity contribution in [1.82, 2.24) is 15.5 Å². The summed E-state index contributed by atoms with van der Waals surface area (Å²) in [4.78, 5) is 38.8. The number of carboxylic acid groups (broad SMARTS) is 1. The molecule has 1 aromatic rings. The van der Waals surface area contributed by atoms with Crippen molar-refractivity contribution in [3.63, 3.8) is 0 Å². The molecule has 4 aliphatic rings. The van der Waals surface area contributed by atoms with Gasteiger partial charge in [-0.3, -0.25) is 0 Å². The van der Waals surface area contributed by atoms with E-state index in [1.165, 1.54) is 0 Å². The fraction of sp³-hybridized carbons (Fsp3) is 0.593. The molecule has 1 spiro atoms. The Kier molecular flexibility index (Phi) is 6.46. The van der Waals surface area contributed by atoms with E-state index in [-0.39, 0.29) is 18.2 Å². The molecule has 0 unspecified atom stereocenters. The number of carboxylic acids is 1. The van der Waals surface area contributed by atoms with Gasteiger partial charge < -0.3 is 44.7 Å². The van der Waals surface area contributed by atoms with Gasteiger partial charge in [-0.2, -0.15) is 0 Å². The third-order valence-electron chi connectivity index (χ3n) is 8.21. The molecule has 5 atom stereocenters. The van der Waals surface area contributed by atoms with Gasteiger partial charge in [0.05, 0.1) is 24.7 Å². The van der Waals surface area contributed by atoms with Crippen LogP contribution in [0.2, 0.25) is 0 Å². The van der Waals surface area contributed by atoms with Crippen molar-refractivity contribution < 1.29 is 43.5 Å². The third-order valence-corrected chi connectivity index (χ3v) is 8.21. The van der Waals surface area contributed by atoms with E-state index in [1.54, 1.807) is 34.0 Å². The summed E-state index contributed by atoms with van der Waals surface area (Å²) in [6, 6.07) is 2.21. The molecule has 2 aliphatic carbocycles. The quantitative estimate of drug-likeness (QED) is 0.415. The Bertz CT molecular complexity index is 1240. The number of nitrogens with zero attached hydrogens (tertiary/aromatic N) is 1. The zero-order chi connectivity index (χ0) is 28.3. The summed E-state index contributed by atoms with van der Waals surface area (Å²) < 4.78 is 22.8. The zero-order valence-electron chi connectivity index (χ0n) is 22.7. The second-order valence-electron chi connectivity index (χ2n) is 11.6. The minimum Gasteiger partial charge on any atom is -0.493 e. The topological polar surface area (TPSA) is 156 Å². The Hall–Kier alpha value is -3.51. The number of carbonyl (C=O) groups excluding carboxylic acids is 2. The zero-order valence-corrected chi connectivity index (χ0v) is 22.7. The molecule has 12 heteroatoms. The fourth-order valence-corrected chi connectivity index (χ4v) is 6.57. The van der Waals surface area contributed by atoms with Crippen LogP contribution in [-0.2, 0) is 26.1 Å². The summed E-state index contributed by atoms with van der Waals surface area (Å²) in [5.41, 5.74) is -0.856. The van der Waals surface area contributed by atoms with E-state index in [0.29, 0.717) is 30.9 Å². The van der Waals surface area contributed by atoms with Gasteiger partial charge in [-0.1, -0.05) is 6.07 Å². The van der Waals surface area contributed by atoms with Gasteiger partial charge in [-0.05, 0) is 64.9 Å². The normalized spacial score (nSPS) is 29.2. The number of hydrogen-bond donors (Lipinski definition) is 4. The van der Waals surface area contributed by atoms with E-state index in [0.717, 1.165) is 11.1 Å². The molecule has 2 bridgehead atoms. The Labute approximate surface area is 226 Å². The minimum atomic E-state index is -1.47. The highest BCUT2D eigenvalue weighted by Crippen LogP contribution is 2.65. The van der Waals surface area contributed by atoms with Gasteiger partial charge >= 0.3 is 18.2 Å². The van der Waals surface area contributed by atoms with E-state index in [9.17, 15) is 24.6 Å². The van der Waals surface area contributed by atoms with Crippen LogP contribution in [0.1, 0.15) is 44.7 Å². The number of amides is 2. The predicted octanol–water partition coefficient (Wildman–Crippen LogP) is 1.68. The van der Waals surface area contributed by atoms with Crippen LogP contribution < -0.4 is 20.1 Å². The highest BCUT2D eigenvalue weighted by atomic mass is 16.6. The Balaban J connectivity index is 1.38. The maximum absolute atomic E-state index is 12.9. The molecule has 12 nitrogen and oxygen atoms in total. The lowest BCUT2D eigenvalue weighted by Crippen LogP contribution is -2.74. The lowest BCUT2D eigenvalue weighted by atomic mass is 9.50. The molecule has 0 saturated carbocycles. The van der Waals surface area contributed by atoms with Crippen LogP contribution in [0, 0.1) is 0 Å². The van der Waals surface area contributed by atoms with Gasteiger partial charge in [0.15, 0.2) is 17.6 Å². The number of aliphatic hydroxyl groups is 1. The monoisotopic (exact) mass is 545 g/mol. The van der Waals surface area contributed by atoms with Crippen LogP contribution in [0.15, 0.2) is 24.0 Å². The number of piperidine rings is 1. The minimum absolute atomic E-state index is 0.161. The van der Waals surface area contributed by atoms with Crippen LogP contribution >= 0.6 is 0 Å². The van der Waals surface area contributed by atoms with Crippen molar-refractivity contribution in [3.8, 4) is 11.5 Å². The first-order chi connectivity index (χ1) is 18.3. The Morgan fingerprint density at radius 2 is 2.00 bits per heavy atom. The average Bonchev–Trinajstić information content (AvgIpc) is 3.20. The lowest BCUT2D eigenvalue weighted by Gasteiger charge is -2.61. The molecule has 39 heavy (non-hydrogen) atoms. The molecule has 212 valence electrons. The molecule has 1 aromatic carbocycles. The second kappa shape index (κ2) is 9.30. The first-order valence-electron chi connectivity index (χ1n) is 13.0. The van der Waals surface area contributed by atoms with Crippen LogP contribution in [-0.4, -0.2) is 89.9 Å². The molecule has 4 N–H and O–H groups in total. The fourth-order valence-electron chi connectivity index (χ4n) is 6.57. The smallest absolute Gasteiger partial charge is 0.413 e. The van der Waals surface area contributed by atoms with E-state index >= 15 is 0 Å². The van der Waals surface area contributed by atoms with Crippen molar-refractivity contribution in [2.24, 2.45) is 0 Å². The Morgan fingerprint density at radius 3 is 2.67 bits per heavy atom. The number of hydrogen-bond acceptors (Lipinski definition) is 9. The van der Waals surface area contributed by atoms with Gasteiger partial charge in [0.2, 0.25) is 0 Å². The number of aliphatic carboxylic acids is 1. The van der Waals surface area contributed by atoms with Gasteiger partial charge in [0.1, 0.15) is 17.4 Å². The number of alkyl carbamates (subject to hydrolysis) is 2. The van der Waals surface area contributed by atoms with Crippen molar-refractivity contribution in [2.75, 3.05) is 27.2 Å². The second-order valence-corrected chi connectivity index (χ2v) is 11.6. The predicted molar refractivity (Wildman–Crippen MR) is 137 cm³/mol. The molecule has 5 rings (SSSR count). The highest BCUT2D eigenvalue weighted by molar-refractivity contribution is 5.81. The summed E-state index contributed by atoms with van der Waals surface area (Å²) >= 11 is 0. The number of rotatable bonds is 6. The molecular weight excluding hydrogens is 510 g/mol. The number of carbonyl (C=O) groups is 3. The summed E-state index contributed by atoms with van der Waals surface area (Å²) in [7, 11) is 3.54. The first-order valence-corrected chi connectivity index (χ1v) is 13.0. The average molecular weight is 546 g/mol. The van der Waals surface area contributed by atoms with E-state index in [4.69, 9.17) is 18.9 Å². The first kappa shape index (κ1) is 27.1. The van der Waals surface area contributed by atoms with Gasteiger partial charge in [0.25, 0.3) is 0 Å². The number of likely N-dealkylation sites (tertiary alicyclic amines) is 1. The number of nitrogens with one attached hydrogen (secondary N) is 2. The molecule has 1 fully saturated rings. The largest absolute Gasteiger partial charge is 0.493 e. The molecule has 2 amide bonds. The van der Waals surface area contributed by atoms with Crippen LogP contribution in [0.5, 0.6) is 11.5 Å². The molecule has 0 aromatic heterocycles. The highest BCUT2D eigenvalue weighted by Gasteiger charge is 2.72. The third kappa shape index (κ3) is 4.26. The lowest BCUT2D eigenvalue weighted by molar-refractivity contribution is -0.163. The maximum Gasteiger partial charge on any atom is 0.413 e. The standard InChI is InChI=1S/C27H35N3O9/c1-25(2,3)39-23(33)28-13-15(22(31)32)29-24(34)37-17-8-9-27(35)18-12-14-6-7-16(36-5)20-19(14)26(27,21(17)38-20)10-11-30(18)4/h6-8,15,18,21,35H,9-13H2,1-5H3,(H,28,33)(H,29,34)(H,31,32)/t15-,18+,21-,26-,27+/m0/s1. The Morgan fingerprint density at radius 1 is 1.26 bits per heavy atom. The number of likely N-dealkylation sites (N-methyl/N-ethyl adjacent to an activating group) is 1. The summed E-state index contributed by atoms with van der Waals surface area (Å²) in [5, 5.41) is 26.5. The van der Waals surface area contributed by atoms with Gasteiger partial charge in [-0.25, -0.2) is 14.4 Å².